The average Bonchev–Trinajstić information content (AvgIpc) is 3.05. The lowest BCUT2D eigenvalue weighted by atomic mass is 9.67. The topological polar surface area (TPSA) is 52.0 Å². The first-order valence-electron chi connectivity index (χ1n) is 8.50. The summed E-state index contributed by atoms with van der Waals surface area (Å²) < 4.78 is 13.8. The van der Waals surface area contributed by atoms with Gasteiger partial charge in [-0.15, -0.1) is 0 Å². The number of benzene rings is 1. The van der Waals surface area contributed by atoms with Gasteiger partial charge in [0, 0.05) is 17.5 Å². The molecule has 25 heavy (non-hydrogen) atoms. The van der Waals surface area contributed by atoms with Crippen LogP contribution in [0.2, 0.25) is 5.02 Å². The lowest BCUT2D eigenvalue weighted by Crippen LogP contribution is -2.28. The molecule has 3 atom stereocenters. The third-order valence-electron chi connectivity index (χ3n) is 5.09. The van der Waals surface area contributed by atoms with Gasteiger partial charge in [0.05, 0.1) is 5.02 Å². The van der Waals surface area contributed by atoms with E-state index in [1.54, 1.807) is 19.2 Å². The van der Waals surface area contributed by atoms with Crippen molar-refractivity contribution in [1.29, 1.82) is 5.41 Å². The summed E-state index contributed by atoms with van der Waals surface area (Å²) in [4.78, 5) is 6.57. The molecule has 0 amide bonds. The van der Waals surface area contributed by atoms with Crippen LogP contribution in [-0.2, 0) is 0 Å². The van der Waals surface area contributed by atoms with Crippen molar-refractivity contribution < 1.29 is 4.39 Å². The van der Waals surface area contributed by atoms with Crippen LogP contribution >= 0.6 is 11.6 Å². The zero-order valence-corrected chi connectivity index (χ0v) is 15.7. The smallest absolute Gasteiger partial charge is 0.145 e. The quantitative estimate of drug-likeness (QED) is 0.595. The van der Waals surface area contributed by atoms with E-state index in [9.17, 15) is 4.39 Å². The van der Waals surface area contributed by atoms with Crippen LogP contribution in [0.5, 0.6) is 0 Å². The number of H-pyrrole nitrogens is 1. The number of aliphatic imine (C=N–C) groups is 1. The number of rotatable bonds is 4. The van der Waals surface area contributed by atoms with Crippen LogP contribution in [0.3, 0.4) is 0 Å². The van der Waals surface area contributed by atoms with Crippen molar-refractivity contribution in [2.75, 3.05) is 0 Å². The number of hydrogen-bond donors (Lipinski definition) is 2. The molecule has 1 heterocycles. The minimum atomic E-state index is -0.231. The Hall–Kier alpha value is -1.94. The molecule has 1 aromatic heterocycles. The van der Waals surface area contributed by atoms with Crippen LogP contribution in [0.25, 0.3) is 0 Å². The maximum Gasteiger partial charge on any atom is 0.145 e. The minimum Gasteiger partial charge on any atom is -0.346 e. The SMILES string of the molecule is C=Nc1[nH]ccc1C(C)=N.CC1CCC1[C@H](C)c1cccc(Cl)c1F. The summed E-state index contributed by atoms with van der Waals surface area (Å²) in [6.07, 6.45) is 4.24. The molecule has 3 nitrogen and oxygen atoms in total. The zero-order valence-electron chi connectivity index (χ0n) is 14.9. The molecule has 0 radical (unpaired) electrons. The molecule has 1 aromatic carbocycles. The first-order chi connectivity index (χ1) is 11.9. The van der Waals surface area contributed by atoms with E-state index in [2.05, 4.69) is 30.5 Å². The van der Waals surface area contributed by atoms with Gasteiger partial charge in [-0.2, -0.15) is 0 Å². The molecule has 1 aliphatic rings. The Labute approximate surface area is 153 Å². The Morgan fingerprint density at radius 2 is 2.12 bits per heavy atom. The monoisotopic (exact) mass is 361 g/mol. The first kappa shape index (κ1) is 19.4. The van der Waals surface area contributed by atoms with Crippen molar-refractivity contribution in [3.05, 3.63) is 52.4 Å². The molecule has 0 bridgehead atoms. The van der Waals surface area contributed by atoms with Crippen LogP contribution in [-0.4, -0.2) is 17.4 Å². The number of aromatic nitrogens is 1. The van der Waals surface area contributed by atoms with E-state index in [0.29, 0.717) is 17.4 Å². The summed E-state index contributed by atoms with van der Waals surface area (Å²) in [5, 5.41) is 7.53. The van der Waals surface area contributed by atoms with Crippen molar-refractivity contribution in [2.24, 2.45) is 16.8 Å². The van der Waals surface area contributed by atoms with Gasteiger partial charge in [0.15, 0.2) is 0 Å². The number of nitrogens with zero attached hydrogens (tertiary/aromatic N) is 1. The normalized spacial score (nSPS) is 20.0. The van der Waals surface area contributed by atoms with E-state index >= 15 is 0 Å². The lowest BCUT2D eigenvalue weighted by molar-refractivity contribution is 0.164. The molecule has 1 aliphatic carbocycles. The number of nitrogens with one attached hydrogen (secondary N) is 2. The van der Waals surface area contributed by atoms with E-state index < -0.39 is 0 Å². The van der Waals surface area contributed by atoms with Crippen LogP contribution in [0, 0.1) is 23.1 Å². The van der Waals surface area contributed by atoms with Crippen LogP contribution < -0.4 is 0 Å². The zero-order chi connectivity index (χ0) is 18.6. The molecule has 2 N–H and O–H groups in total. The fourth-order valence-corrected chi connectivity index (χ4v) is 3.51. The standard InChI is InChI=1S/C13H16ClF.C7H9N3/c1-8-6-7-10(8)9(2)11-4-3-5-12(14)13(11)15;1-5(8)6-3-4-10-7(6)9-2/h3-5,8-10H,6-7H2,1-2H3;3-4,8,10H,2H2,1H3/t8?,9-,10?;/m0./s1. The molecule has 0 spiro atoms. The van der Waals surface area contributed by atoms with Gasteiger partial charge in [-0.3, -0.25) is 0 Å². The Morgan fingerprint density at radius 3 is 2.60 bits per heavy atom. The third-order valence-corrected chi connectivity index (χ3v) is 5.38. The van der Waals surface area contributed by atoms with Gasteiger partial charge in [0.25, 0.3) is 0 Å². The maximum absolute atomic E-state index is 13.8. The number of halogens is 2. The highest BCUT2D eigenvalue weighted by Crippen LogP contribution is 2.44. The molecular formula is C20H25ClFN3. The maximum atomic E-state index is 13.8. The second-order valence-corrected chi connectivity index (χ2v) is 7.08. The molecular weight excluding hydrogens is 337 g/mol. The van der Waals surface area contributed by atoms with Gasteiger partial charge in [-0.25, -0.2) is 9.38 Å². The molecule has 2 unspecified atom stereocenters. The second kappa shape index (κ2) is 8.43. The summed E-state index contributed by atoms with van der Waals surface area (Å²) in [5.41, 5.74) is 2.10. The minimum absolute atomic E-state index is 0.231. The summed E-state index contributed by atoms with van der Waals surface area (Å²) in [7, 11) is 0. The second-order valence-electron chi connectivity index (χ2n) is 6.67. The molecule has 0 aliphatic heterocycles. The summed E-state index contributed by atoms with van der Waals surface area (Å²) in [6, 6.07) is 7.11. The number of aromatic amines is 1. The van der Waals surface area contributed by atoms with Crippen LogP contribution in [0.15, 0.2) is 35.5 Å². The largest absolute Gasteiger partial charge is 0.346 e. The van der Waals surface area contributed by atoms with E-state index in [4.69, 9.17) is 17.0 Å². The fraction of sp³-hybridized carbons (Fsp3) is 0.400. The number of hydrogen-bond acceptors (Lipinski definition) is 2. The van der Waals surface area contributed by atoms with Crippen molar-refractivity contribution >= 4 is 29.8 Å². The fourth-order valence-electron chi connectivity index (χ4n) is 3.33. The predicted molar refractivity (Wildman–Crippen MR) is 104 cm³/mol. The third kappa shape index (κ3) is 4.37. The summed E-state index contributed by atoms with van der Waals surface area (Å²) in [6.45, 7) is 9.44. The first-order valence-corrected chi connectivity index (χ1v) is 8.88. The molecule has 3 rings (SSSR count). The highest BCUT2D eigenvalue weighted by Gasteiger charge is 2.33. The molecule has 1 fully saturated rings. The Balaban J connectivity index is 0.000000196. The van der Waals surface area contributed by atoms with Crippen molar-refractivity contribution in [1.82, 2.24) is 4.98 Å². The lowest BCUT2D eigenvalue weighted by Gasteiger charge is -2.38. The van der Waals surface area contributed by atoms with Gasteiger partial charge in [-0.05, 0) is 55.5 Å². The van der Waals surface area contributed by atoms with Gasteiger partial charge in [0.2, 0.25) is 0 Å². The van der Waals surface area contributed by atoms with Crippen LogP contribution in [0.4, 0.5) is 10.2 Å². The molecule has 1 saturated carbocycles. The molecule has 2 aromatic rings. The van der Waals surface area contributed by atoms with E-state index in [1.807, 2.05) is 18.2 Å². The summed E-state index contributed by atoms with van der Waals surface area (Å²) in [5.74, 6) is 2.07. The van der Waals surface area contributed by atoms with Gasteiger partial charge in [-0.1, -0.05) is 44.0 Å². The van der Waals surface area contributed by atoms with Gasteiger partial charge >= 0.3 is 0 Å². The van der Waals surface area contributed by atoms with Gasteiger partial charge in [0.1, 0.15) is 11.6 Å². The molecule has 134 valence electrons. The average molecular weight is 362 g/mol. The Bertz CT molecular complexity index is 753. The highest BCUT2D eigenvalue weighted by atomic mass is 35.5. The molecule has 0 saturated heterocycles. The van der Waals surface area contributed by atoms with Crippen molar-refractivity contribution in [3.63, 3.8) is 0 Å². The van der Waals surface area contributed by atoms with E-state index in [1.165, 1.54) is 12.8 Å². The highest BCUT2D eigenvalue weighted by molar-refractivity contribution is 6.30. The Morgan fingerprint density at radius 1 is 1.40 bits per heavy atom. The van der Waals surface area contributed by atoms with Crippen LogP contribution in [0.1, 0.15) is 50.7 Å². The predicted octanol–water partition coefficient (Wildman–Crippen LogP) is 6.36. The molecule has 5 heteroatoms. The van der Waals surface area contributed by atoms with Crippen molar-refractivity contribution in [2.45, 2.75) is 39.5 Å². The van der Waals surface area contributed by atoms with E-state index in [0.717, 1.165) is 17.0 Å². The Kier molecular flexibility index (Phi) is 6.54. The van der Waals surface area contributed by atoms with E-state index in [-0.39, 0.29) is 16.8 Å². The van der Waals surface area contributed by atoms with Gasteiger partial charge < -0.3 is 10.4 Å². The van der Waals surface area contributed by atoms with Crippen molar-refractivity contribution in [3.8, 4) is 0 Å². The summed E-state index contributed by atoms with van der Waals surface area (Å²) >= 11 is 5.79.